The summed E-state index contributed by atoms with van der Waals surface area (Å²) in [6.45, 7) is 1.91. The highest BCUT2D eigenvalue weighted by Gasteiger charge is 2.07. The van der Waals surface area contributed by atoms with Crippen LogP contribution in [0.15, 0.2) is 18.2 Å². The van der Waals surface area contributed by atoms with Crippen molar-refractivity contribution in [2.75, 3.05) is 18.5 Å². The summed E-state index contributed by atoms with van der Waals surface area (Å²) >= 11 is 0. The number of anilines is 1. The molecule has 0 radical (unpaired) electrons. The molecule has 0 aliphatic carbocycles. The fourth-order valence-corrected chi connectivity index (χ4v) is 1.45. The van der Waals surface area contributed by atoms with Gasteiger partial charge in [0.25, 0.3) is 0 Å². The Bertz CT molecular complexity index is 328. The van der Waals surface area contributed by atoms with Crippen molar-refractivity contribution in [1.29, 1.82) is 0 Å². The number of hydrogen-bond donors (Lipinski definition) is 2. The third kappa shape index (κ3) is 3.49. The van der Waals surface area contributed by atoms with Gasteiger partial charge in [-0.2, -0.15) is 0 Å². The molecule has 0 heterocycles. The lowest BCUT2D eigenvalue weighted by Crippen LogP contribution is -2.27. The standard InChI is InChI=1S/C11H16FNO2/c1-8(15)6-13(2)11-4-9(7-14)3-10(12)5-11/h3-5,8,14-15H,6-7H2,1-2H3. The highest BCUT2D eigenvalue weighted by atomic mass is 19.1. The maximum atomic E-state index is 13.1. The van der Waals surface area contributed by atoms with Gasteiger partial charge in [-0.25, -0.2) is 4.39 Å². The molecular weight excluding hydrogens is 197 g/mol. The van der Waals surface area contributed by atoms with Crippen molar-refractivity contribution < 1.29 is 14.6 Å². The van der Waals surface area contributed by atoms with E-state index in [-0.39, 0.29) is 12.4 Å². The molecular formula is C11H16FNO2. The highest BCUT2D eigenvalue weighted by Crippen LogP contribution is 2.17. The first-order chi connectivity index (χ1) is 7.02. The lowest BCUT2D eigenvalue weighted by atomic mass is 10.2. The third-order valence-corrected chi connectivity index (χ3v) is 2.10. The summed E-state index contributed by atoms with van der Waals surface area (Å²) in [5.41, 5.74) is 1.18. The Kier molecular flexibility index (Phi) is 4.05. The first kappa shape index (κ1) is 11.9. The number of halogens is 1. The normalized spacial score (nSPS) is 12.6. The molecule has 0 bridgehead atoms. The Balaban J connectivity index is 2.88. The van der Waals surface area contributed by atoms with Gasteiger partial charge < -0.3 is 15.1 Å². The van der Waals surface area contributed by atoms with Crippen LogP contribution in [0.1, 0.15) is 12.5 Å². The second-order valence-electron chi connectivity index (χ2n) is 3.71. The predicted molar refractivity (Wildman–Crippen MR) is 57.3 cm³/mol. The van der Waals surface area contributed by atoms with Gasteiger partial charge in [-0.1, -0.05) is 0 Å². The molecule has 2 N–H and O–H groups in total. The Labute approximate surface area is 88.8 Å². The molecule has 84 valence electrons. The van der Waals surface area contributed by atoms with Gasteiger partial charge >= 0.3 is 0 Å². The second kappa shape index (κ2) is 5.09. The monoisotopic (exact) mass is 213 g/mol. The zero-order valence-corrected chi connectivity index (χ0v) is 8.94. The predicted octanol–water partition coefficient (Wildman–Crippen LogP) is 1.14. The van der Waals surface area contributed by atoms with E-state index < -0.39 is 6.10 Å². The Morgan fingerprint density at radius 1 is 1.40 bits per heavy atom. The topological polar surface area (TPSA) is 43.7 Å². The number of rotatable bonds is 4. The van der Waals surface area contributed by atoms with Crippen LogP contribution in [0.2, 0.25) is 0 Å². The van der Waals surface area contributed by atoms with Gasteiger partial charge in [0.2, 0.25) is 0 Å². The van der Waals surface area contributed by atoms with Crippen molar-refractivity contribution in [2.45, 2.75) is 19.6 Å². The van der Waals surface area contributed by atoms with Crippen LogP contribution < -0.4 is 4.90 Å². The molecule has 4 heteroatoms. The van der Waals surface area contributed by atoms with Crippen LogP contribution >= 0.6 is 0 Å². The first-order valence-corrected chi connectivity index (χ1v) is 4.82. The molecule has 0 aliphatic heterocycles. The van der Waals surface area contributed by atoms with Crippen LogP contribution in [0, 0.1) is 5.82 Å². The number of aliphatic hydroxyl groups excluding tert-OH is 2. The van der Waals surface area contributed by atoms with Crippen LogP contribution in [-0.4, -0.2) is 29.9 Å². The van der Waals surface area contributed by atoms with Crippen molar-refractivity contribution in [1.82, 2.24) is 0 Å². The van der Waals surface area contributed by atoms with Gasteiger partial charge in [-0.05, 0) is 30.7 Å². The van der Waals surface area contributed by atoms with E-state index in [1.165, 1.54) is 12.1 Å². The van der Waals surface area contributed by atoms with Gasteiger partial charge in [0.1, 0.15) is 5.82 Å². The summed E-state index contributed by atoms with van der Waals surface area (Å²) in [5.74, 6) is -0.381. The van der Waals surface area contributed by atoms with E-state index >= 15 is 0 Å². The summed E-state index contributed by atoms with van der Waals surface area (Å²) < 4.78 is 13.1. The number of hydrogen-bond acceptors (Lipinski definition) is 3. The zero-order valence-electron chi connectivity index (χ0n) is 8.94. The molecule has 1 atom stereocenters. The minimum Gasteiger partial charge on any atom is -0.392 e. The molecule has 0 aromatic heterocycles. The summed E-state index contributed by atoms with van der Waals surface area (Å²) in [7, 11) is 1.77. The van der Waals surface area contributed by atoms with E-state index in [1.54, 1.807) is 24.9 Å². The fraction of sp³-hybridized carbons (Fsp3) is 0.455. The third-order valence-electron chi connectivity index (χ3n) is 2.10. The van der Waals surface area contributed by atoms with E-state index in [4.69, 9.17) is 5.11 Å². The second-order valence-corrected chi connectivity index (χ2v) is 3.71. The van der Waals surface area contributed by atoms with Gasteiger partial charge in [-0.15, -0.1) is 0 Å². The lowest BCUT2D eigenvalue weighted by molar-refractivity contribution is 0.201. The van der Waals surface area contributed by atoms with Gasteiger partial charge in [0.05, 0.1) is 12.7 Å². The molecule has 0 spiro atoms. The summed E-state index contributed by atoms with van der Waals surface area (Å²) in [6.07, 6.45) is -0.476. The van der Waals surface area contributed by atoms with Crippen molar-refractivity contribution in [3.05, 3.63) is 29.6 Å². The number of nitrogens with zero attached hydrogens (tertiary/aromatic N) is 1. The van der Waals surface area contributed by atoms with Crippen LogP contribution in [0.3, 0.4) is 0 Å². The number of benzene rings is 1. The first-order valence-electron chi connectivity index (χ1n) is 4.82. The smallest absolute Gasteiger partial charge is 0.125 e. The Morgan fingerprint density at radius 3 is 2.60 bits per heavy atom. The van der Waals surface area contributed by atoms with Crippen LogP contribution in [0.5, 0.6) is 0 Å². The Hall–Kier alpha value is -1.13. The fourth-order valence-electron chi connectivity index (χ4n) is 1.45. The molecule has 0 fully saturated rings. The molecule has 15 heavy (non-hydrogen) atoms. The van der Waals surface area contributed by atoms with Crippen molar-refractivity contribution in [2.24, 2.45) is 0 Å². The molecule has 1 aromatic carbocycles. The SMILES string of the molecule is CC(O)CN(C)c1cc(F)cc(CO)c1. The van der Waals surface area contributed by atoms with Crippen LogP contribution in [0.25, 0.3) is 0 Å². The van der Waals surface area contributed by atoms with Crippen molar-refractivity contribution in [3.8, 4) is 0 Å². The minimum absolute atomic E-state index is 0.187. The summed E-state index contributed by atoms with van der Waals surface area (Å²) in [5, 5.41) is 18.1. The average molecular weight is 213 g/mol. The molecule has 0 amide bonds. The van der Waals surface area contributed by atoms with Crippen LogP contribution in [0.4, 0.5) is 10.1 Å². The molecule has 1 unspecified atom stereocenters. The molecule has 0 aliphatic rings. The van der Waals surface area contributed by atoms with Gasteiger partial charge in [-0.3, -0.25) is 0 Å². The van der Waals surface area contributed by atoms with E-state index in [0.29, 0.717) is 17.8 Å². The lowest BCUT2D eigenvalue weighted by Gasteiger charge is -2.21. The van der Waals surface area contributed by atoms with E-state index in [9.17, 15) is 9.50 Å². The molecule has 3 nitrogen and oxygen atoms in total. The average Bonchev–Trinajstić information content (AvgIpc) is 2.15. The number of aliphatic hydroxyl groups is 2. The maximum absolute atomic E-state index is 13.1. The van der Waals surface area contributed by atoms with Gasteiger partial charge in [0, 0.05) is 19.3 Å². The maximum Gasteiger partial charge on any atom is 0.125 e. The highest BCUT2D eigenvalue weighted by molar-refractivity contribution is 5.48. The zero-order chi connectivity index (χ0) is 11.4. The van der Waals surface area contributed by atoms with Crippen molar-refractivity contribution >= 4 is 5.69 Å². The molecule has 0 saturated carbocycles. The largest absolute Gasteiger partial charge is 0.392 e. The summed E-state index contributed by atoms with van der Waals surface area (Å²) in [6, 6.07) is 4.37. The minimum atomic E-state index is -0.476. The van der Waals surface area contributed by atoms with E-state index in [0.717, 1.165) is 0 Å². The molecule has 1 aromatic rings. The quantitative estimate of drug-likeness (QED) is 0.788. The Morgan fingerprint density at radius 2 is 2.07 bits per heavy atom. The van der Waals surface area contributed by atoms with Crippen molar-refractivity contribution in [3.63, 3.8) is 0 Å². The van der Waals surface area contributed by atoms with E-state index in [2.05, 4.69) is 0 Å². The van der Waals surface area contributed by atoms with E-state index in [1.807, 2.05) is 0 Å². The van der Waals surface area contributed by atoms with Gasteiger partial charge in [0.15, 0.2) is 0 Å². The molecule has 1 rings (SSSR count). The molecule has 0 saturated heterocycles. The number of likely N-dealkylation sites (N-methyl/N-ethyl adjacent to an activating group) is 1. The summed E-state index contributed by atoms with van der Waals surface area (Å²) in [4.78, 5) is 1.74. The van der Waals surface area contributed by atoms with Crippen LogP contribution in [-0.2, 0) is 6.61 Å².